The Kier molecular flexibility index (Phi) is 2.49. The summed E-state index contributed by atoms with van der Waals surface area (Å²) in [5, 5.41) is 8.86. The van der Waals surface area contributed by atoms with Gasteiger partial charge in [0.2, 0.25) is 0 Å². The number of aliphatic hydroxyl groups is 1. The summed E-state index contributed by atoms with van der Waals surface area (Å²) in [6.45, 7) is 6.56. The van der Waals surface area contributed by atoms with Crippen LogP contribution >= 0.6 is 0 Å². The molecule has 1 heterocycles. The average molecular weight is 128 g/mol. The largest absolute Gasteiger partial charge is 0.392 e. The fraction of sp³-hybridized carbons (Fsp3) is 0.857. The van der Waals surface area contributed by atoms with Gasteiger partial charge >= 0.3 is 0 Å². The zero-order valence-electron chi connectivity index (χ0n) is 5.71. The second-order valence-corrected chi connectivity index (χ2v) is 2.66. The van der Waals surface area contributed by atoms with Gasteiger partial charge in [-0.05, 0) is 32.9 Å². The highest BCUT2D eigenvalue weighted by Crippen LogP contribution is 2.06. The molecule has 0 aromatic rings. The van der Waals surface area contributed by atoms with Crippen molar-refractivity contribution in [1.29, 1.82) is 0 Å². The topological polar surface area (TPSA) is 23.5 Å². The van der Waals surface area contributed by atoms with Gasteiger partial charge in [0.05, 0.1) is 6.10 Å². The lowest BCUT2D eigenvalue weighted by Crippen LogP contribution is -2.28. The van der Waals surface area contributed by atoms with Gasteiger partial charge < -0.3 is 10.0 Å². The average Bonchev–Trinajstić information content (AvgIpc) is 2.15. The molecule has 0 unspecified atom stereocenters. The molecule has 0 saturated carbocycles. The van der Waals surface area contributed by atoms with Gasteiger partial charge in [-0.3, -0.25) is 0 Å². The fourth-order valence-corrected chi connectivity index (χ4v) is 1.26. The second-order valence-electron chi connectivity index (χ2n) is 2.66. The Bertz CT molecular complexity index is 77.0. The lowest BCUT2D eigenvalue weighted by atomic mass is 10.4. The molecular weight excluding hydrogens is 114 g/mol. The predicted octanol–water partition coefficient (Wildman–Crippen LogP) is 0.277. The molecule has 0 spiro atoms. The molecule has 9 heavy (non-hydrogen) atoms. The SMILES string of the molecule is [CH2][C@@H](O)CN1CCCC1. The molecule has 0 aliphatic carbocycles. The van der Waals surface area contributed by atoms with Gasteiger partial charge in [-0.2, -0.15) is 0 Å². The Morgan fingerprint density at radius 3 is 2.44 bits per heavy atom. The minimum atomic E-state index is -0.400. The first-order valence-corrected chi connectivity index (χ1v) is 3.52. The molecule has 1 N–H and O–H groups in total. The highest BCUT2D eigenvalue weighted by Gasteiger charge is 2.12. The molecular formula is C7H14NO. The van der Waals surface area contributed by atoms with E-state index in [1.165, 1.54) is 12.8 Å². The normalized spacial score (nSPS) is 24.7. The van der Waals surface area contributed by atoms with Crippen molar-refractivity contribution < 1.29 is 5.11 Å². The van der Waals surface area contributed by atoms with Crippen LogP contribution in [0.1, 0.15) is 12.8 Å². The Morgan fingerprint density at radius 1 is 1.44 bits per heavy atom. The number of rotatable bonds is 2. The summed E-state index contributed by atoms with van der Waals surface area (Å²) in [7, 11) is 0. The zero-order valence-corrected chi connectivity index (χ0v) is 5.71. The van der Waals surface area contributed by atoms with Gasteiger partial charge in [0, 0.05) is 6.54 Å². The summed E-state index contributed by atoms with van der Waals surface area (Å²) in [4.78, 5) is 2.25. The molecule has 1 fully saturated rings. The molecule has 1 saturated heterocycles. The van der Waals surface area contributed by atoms with Crippen molar-refractivity contribution in [3.63, 3.8) is 0 Å². The third-order valence-corrected chi connectivity index (χ3v) is 1.67. The maximum Gasteiger partial charge on any atom is 0.0668 e. The first-order valence-electron chi connectivity index (χ1n) is 3.52. The van der Waals surface area contributed by atoms with E-state index >= 15 is 0 Å². The van der Waals surface area contributed by atoms with Crippen LogP contribution in [0.15, 0.2) is 0 Å². The quantitative estimate of drug-likeness (QED) is 0.577. The van der Waals surface area contributed by atoms with E-state index in [1.807, 2.05) is 0 Å². The van der Waals surface area contributed by atoms with Crippen LogP contribution in [0.25, 0.3) is 0 Å². The van der Waals surface area contributed by atoms with Crippen LogP contribution in [0, 0.1) is 6.92 Å². The molecule has 1 radical (unpaired) electrons. The van der Waals surface area contributed by atoms with Crippen molar-refractivity contribution >= 4 is 0 Å². The Morgan fingerprint density at radius 2 is 2.00 bits per heavy atom. The number of nitrogens with zero attached hydrogens (tertiary/aromatic N) is 1. The number of β-amino-alcohol motifs (C(OH)–C–C–N with tert-alkyl or cyclic N) is 1. The molecule has 0 amide bonds. The number of likely N-dealkylation sites (tertiary alicyclic amines) is 1. The molecule has 0 aromatic carbocycles. The van der Waals surface area contributed by atoms with E-state index in [0.717, 1.165) is 19.6 Å². The van der Waals surface area contributed by atoms with Gasteiger partial charge in [-0.15, -0.1) is 0 Å². The lowest BCUT2D eigenvalue weighted by Gasteiger charge is -2.15. The smallest absolute Gasteiger partial charge is 0.0668 e. The molecule has 0 bridgehead atoms. The Balaban J connectivity index is 2.11. The summed E-state index contributed by atoms with van der Waals surface area (Å²) in [5.74, 6) is 0. The number of hydrogen-bond donors (Lipinski definition) is 1. The van der Waals surface area contributed by atoms with Crippen LogP contribution in [0.3, 0.4) is 0 Å². The first-order chi connectivity index (χ1) is 4.29. The van der Waals surface area contributed by atoms with Gasteiger partial charge in [-0.1, -0.05) is 0 Å². The van der Waals surface area contributed by atoms with Crippen molar-refractivity contribution in [2.45, 2.75) is 18.9 Å². The standard InChI is InChI=1S/C7H14NO/c1-7(9)6-8-4-2-3-5-8/h7,9H,1-6H2/t7-/m1/s1. The van der Waals surface area contributed by atoms with Crippen molar-refractivity contribution in [1.82, 2.24) is 4.90 Å². The maximum atomic E-state index is 8.86. The third kappa shape index (κ3) is 2.33. The van der Waals surface area contributed by atoms with Crippen LogP contribution in [0.4, 0.5) is 0 Å². The Hall–Kier alpha value is -0.0800. The predicted molar refractivity (Wildman–Crippen MR) is 37.0 cm³/mol. The molecule has 1 rings (SSSR count). The van der Waals surface area contributed by atoms with Gasteiger partial charge in [0.25, 0.3) is 0 Å². The first kappa shape index (κ1) is 7.03. The van der Waals surface area contributed by atoms with Crippen molar-refractivity contribution in [2.24, 2.45) is 0 Å². The van der Waals surface area contributed by atoms with Crippen LogP contribution in [0.5, 0.6) is 0 Å². The van der Waals surface area contributed by atoms with E-state index in [0.29, 0.717) is 0 Å². The highest BCUT2D eigenvalue weighted by atomic mass is 16.3. The summed E-state index contributed by atoms with van der Waals surface area (Å²) in [6, 6.07) is 0. The summed E-state index contributed by atoms with van der Waals surface area (Å²) in [5.41, 5.74) is 0. The van der Waals surface area contributed by atoms with E-state index in [9.17, 15) is 0 Å². The van der Waals surface area contributed by atoms with Crippen molar-refractivity contribution in [3.05, 3.63) is 6.92 Å². The van der Waals surface area contributed by atoms with E-state index in [4.69, 9.17) is 5.11 Å². The van der Waals surface area contributed by atoms with Crippen LogP contribution in [0.2, 0.25) is 0 Å². The minimum Gasteiger partial charge on any atom is -0.392 e. The summed E-state index contributed by atoms with van der Waals surface area (Å²) in [6.07, 6.45) is 2.17. The monoisotopic (exact) mass is 128 g/mol. The molecule has 2 nitrogen and oxygen atoms in total. The number of hydrogen-bond acceptors (Lipinski definition) is 2. The third-order valence-electron chi connectivity index (χ3n) is 1.67. The van der Waals surface area contributed by atoms with Crippen LogP contribution < -0.4 is 0 Å². The maximum absolute atomic E-state index is 8.86. The van der Waals surface area contributed by atoms with E-state index in [2.05, 4.69) is 11.8 Å². The molecule has 1 aliphatic rings. The Labute approximate surface area is 56.5 Å². The lowest BCUT2D eigenvalue weighted by molar-refractivity contribution is 0.161. The fourth-order valence-electron chi connectivity index (χ4n) is 1.26. The molecule has 1 aliphatic heterocycles. The summed E-state index contributed by atoms with van der Waals surface area (Å²) < 4.78 is 0. The van der Waals surface area contributed by atoms with Crippen LogP contribution in [-0.4, -0.2) is 35.7 Å². The molecule has 0 aromatic heterocycles. The van der Waals surface area contributed by atoms with Crippen molar-refractivity contribution in [3.8, 4) is 0 Å². The highest BCUT2D eigenvalue weighted by molar-refractivity contribution is 4.70. The molecule has 53 valence electrons. The molecule has 1 atom stereocenters. The van der Waals surface area contributed by atoms with Gasteiger partial charge in [0.1, 0.15) is 0 Å². The van der Waals surface area contributed by atoms with E-state index in [-0.39, 0.29) is 0 Å². The van der Waals surface area contributed by atoms with E-state index < -0.39 is 6.10 Å². The van der Waals surface area contributed by atoms with Crippen LogP contribution in [-0.2, 0) is 0 Å². The van der Waals surface area contributed by atoms with Crippen molar-refractivity contribution in [2.75, 3.05) is 19.6 Å². The zero-order chi connectivity index (χ0) is 6.69. The van der Waals surface area contributed by atoms with E-state index in [1.54, 1.807) is 0 Å². The van der Waals surface area contributed by atoms with Gasteiger partial charge in [0.15, 0.2) is 0 Å². The second kappa shape index (κ2) is 3.18. The summed E-state index contributed by atoms with van der Waals surface area (Å²) >= 11 is 0. The van der Waals surface area contributed by atoms with Gasteiger partial charge in [-0.25, -0.2) is 0 Å². The minimum absolute atomic E-state index is 0.400. The molecule has 2 heteroatoms. The number of aliphatic hydroxyl groups excluding tert-OH is 1.